The molecular formula is C9H12N2OS. The van der Waals surface area contributed by atoms with E-state index in [0.717, 1.165) is 30.2 Å². The normalized spacial score (nSPS) is 22.1. The van der Waals surface area contributed by atoms with E-state index in [-0.39, 0.29) is 5.44 Å². The Hall–Kier alpha value is -0.610. The van der Waals surface area contributed by atoms with Crippen LogP contribution in [0.15, 0.2) is 17.6 Å². The van der Waals surface area contributed by atoms with Gasteiger partial charge in [0.2, 0.25) is 0 Å². The standard InChI is InChI=1S/C9H12N2OS/c1-7-5-10-9(11-6-7)13-8-3-2-4-12-8/h5-6,8H,2-4H2,1H3. The van der Waals surface area contributed by atoms with Gasteiger partial charge in [-0.3, -0.25) is 0 Å². The van der Waals surface area contributed by atoms with E-state index in [0.29, 0.717) is 0 Å². The molecule has 0 bridgehead atoms. The van der Waals surface area contributed by atoms with Gasteiger partial charge in [0.15, 0.2) is 5.16 Å². The Labute approximate surface area is 81.9 Å². The predicted octanol–water partition coefficient (Wildman–Crippen LogP) is 2.01. The van der Waals surface area contributed by atoms with E-state index in [1.54, 1.807) is 11.8 Å². The van der Waals surface area contributed by atoms with Gasteiger partial charge < -0.3 is 4.74 Å². The number of hydrogen-bond donors (Lipinski definition) is 0. The number of aryl methyl sites for hydroxylation is 1. The van der Waals surface area contributed by atoms with Gasteiger partial charge in [-0.15, -0.1) is 0 Å². The lowest BCUT2D eigenvalue weighted by Crippen LogP contribution is -2.00. The van der Waals surface area contributed by atoms with Crippen LogP contribution in [0.4, 0.5) is 0 Å². The highest BCUT2D eigenvalue weighted by Crippen LogP contribution is 2.27. The molecule has 1 aliphatic rings. The monoisotopic (exact) mass is 196 g/mol. The Kier molecular flexibility index (Phi) is 2.80. The van der Waals surface area contributed by atoms with E-state index in [2.05, 4.69) is 9.97 Å². The molecular weight excluding hydrogens is 184 g/mol. The fraction of sp³-hybridized carbons (Fsp3) is 0.556. The van der Waals surface area contributed by atoms with Gasteiger partial charge in [0, 0.05) is 19.0 Å². The van der Waals surface area contributed by atoms with Gasteiger partial charge in [-0.25, -0.2) is 9.97 Å². The summed E-state index contributed by atoms with van der Waals surface area (Å²) in [4.78, 5) is 8.43. The highest BCUT2D eigenvalue weighted by Gasteiger charge is 2.17. The molecule has 1 unspecified atom stereocenters. The second kappa shape index (κ2) is 4.07. The summed E-state index contributed by atoms with van der Waals surface area (Å²) in [5, 5.41) is 0.817. The smallest absolute Gasteiger partial charge is 0.190 e. The first-order chi connectivity index (χ1) is 6.34. The number of rotatable bonds is 2. The van der Waals surface area contributed by atoms with Gasteiger partial charge in [0.05, 0.1) is 0 Å². The highest BCUT2D eigenvalue weighted by molar-refractivity contribution is 7.99. The van der Waals surface area contributed by atoms with Crippen molar-refractivity contribution in [2.75, 3.05) is 6.61 Å². The van der Waals surface area contributed by atoms with Crippen molar-refractivity contribution in [2.45, 2.75) is 30.4 Å². The molecule has 0 amide bonds. The maximum atomic E-state index is 5.47. The molecule has 1 saturated heterocycles. The maximum absolute atomic E-state index is 5.47. The zero-order valence-electron chi connectivity index (χ0n) is 7.56. The van der Waals surface area contributed by atoms with E-state index < -0.39 is 0 Å². The molecule has 13 heavy (non-hydrogen) atoms. The van der Waals surface area contributed by atoms with Crippen LogP contribution in [0.3, 0.4) is 0 Å². The molecule has 1 fully saturated rings. The second-order valence-electron chi connectivity index (χ2n) is 3.10. The predicted molar refractivity (Wildman–Crippen MR) is 51.6 cm³/mol. The fourth-order valence-electron chi connectivity index (χ4n) is 1.20. The van der Waals surface area contributed by atoms with Crippen molar-refractivity contribution in [3.63, 3.8) is 0 Å². The zero-order valence-corrected chi connectivity index (χ0v) is 8.38. The third kappa shape index (κ3) is 2.42. The van der Waals surface area contributed by atoms with Crippen LogP contribution in [0, 0.1) is 6.92 Å². The molecule has 2 heterocycles. The Bertz CT molecular complexity index is 269. The van der Waals surface area contributed by atoms with E-state index in [9.17, 15) is 0 Å². The third-order valence-corrected chi connectivity index (χ3v) is 2.94. The minimum atomic E-state index is 0.266. The molecule has 1 atom stereocenters. The van der Waals surface area contributed by atoms with Crippen molar-refractivity contribution in [1.29, 1.82) is 0 Å². The summed E-state index contributed by atoms with van der Waals surface area (Å²) < 4.78 is 5.47. The SMILES string of the molecule is Cc1cnc(SC2CCCO2)nc1. The molecule has 0 spiro atoms. The van der Waals surface area contributed by atoms with Crippen LogP contribution in [0.2, 0.25) is 0 Å². The molecule has 0 radical (unpaired) electrons. The summed E-state index contributed by atoms with van der Waals surface area (Å²) in [7, 11) is 0. The van der Waals surface area contributed by atoms with E-state index >= 15 is 0 Å². The number of ether oxygens (including phenoxy) is 1. The molecule has 1 aliphatic heterocycles. The highest BCUT2D eigenvalue weighted by atomic mass is 32.2. The first-order valence-electron chi connectivity index (χ1n) is 4.41. The van der Waals surface area contributed by atoms with Crippen molar-refractivity contribution < 1.29 is 4.74 Å². The molecule has 0 aliphatic carbocycles. The lowest BCUT2D eigenvalue weighted by molar-refractivity contribution is 0.173. The molecule has 0 N–H and O–H groups in total. The van der Waals surface area contributed by atoms with Crippen LogP contribution < -0.4 is 0 Å². The number of aromatic nitrogens is 2. The van der Waals surface area contributed by atoms with E-state index in [1.807, 2.05) is 19.3 Å². The van der Waals surface area contributed by atoms with Gasteiger partial charge in [-0.05, 0) is 25.3 Å². The lowest BCUT2D eigenvalue weighted by atomic mass is 10.4. The largest absolute Gasteiger partial charge is 0.367 e. The van der Waals surface area contributed by atoms with Crippen molar-refractivity contribution in [2.24, 2.45) is 0 Å². The van der Waals surface area contributed by atoms with Crippen LogP contribution in [0.25, 0.3) is 0 Å². The Morgan fingerprint density at radius 2 is 2.23 bits per heavy atom. The topological polar surface area (TPSA) is 35.0 Å². The minimum absolute atomic E-state index is 0.266. The molecule has 0 aromatic carbocycles. The summed E-state index contributed by atoms with van der Waals surface area (Å²) in [6.07, 6.45) is 5.94. The van der Waals surface area contributed by atoms with Crippen LogP contribution in [0.1, 0.15) is 18.4 Å². The first kappa shape index (κ1) is 8.97. The van der Waals surface area contributed by atoms with Gasteiger partial charge >= 0.3 is 0 Å². The zero-order chi connectivity index (χ0) is 9.10. The molecule has 4 heteroatoms. The van der Waals surface area contributed by atoms with E-state index in [4.69, 9.17) is 4.74 Å². The molecule has 2 rings (SSSR count). The van der Waals surface area contributed by atoms with Gasteiger partial charge in [0.1, 0.15) is 5.44 Å². The van der Waals surface area contributed by atoms with Crippen LogP contribution in [-0.2, 0) is 4.74 Å². The number of hydrogen-bond acceptors (Lipinski definition) is 4. The summed E-state index contributed by atoms with van der Waals surface area (Å²) in [5.41, 5.74) is 1.36. The number of thioether (sulfide) groups is 1. The summed E-state index contributed by atoms with van der Waals surface area (Å²) in [5.74, 6) is 0. The lowest BCUT2D eigenvalue weighted by Gasteiger charge is -2.06. The molecule has 70 valence electrons. The molecule has 1 aromatic heterocycles. The molecule has 0 saturated carbocycles. The Balaban J connectivity index is 1.97. The average Bonchev–Trinajstić information content (AvgIpc) is 2.62. The van der Waals surface area contributed by atoms with E-state index in [1.165, 1.54) is 0 Å². The Morgan fingerprint density at radius 1 is 1.46 bits per heavy atom. The van der Waals surface area contributed by atoms with Crippen molar-refractivity contribution >= 4 is 11.8 Å². The summed E-state index contributed by atoms with van der Waals surface area (Å²) in [6.45, 7) is 2.87. The first-order valence-corrected chi connectivity index (χ1v) is 5.29. The molecule has 3 nitrogen and oxygen atoms in total. The minimum Gasteiger partial charge on any atom is -0.367 e. The van der Waals surface area contributed by atoms with Crippen LogP contribution in [-0.4, -0.2) is 22.0 Å². The van der Waals surface area contributed by atoms with Crippen molar-refractivity contribution in [3.8, 4) is 0 Å². The summed E-state index contributed by atoms with van der Waals surface area (Å²) in [6, 6.07) is 0. The molecule has 1 aromatic rings. The quantitative estimate of drug-likeness (QED) is 0.678. The maximum Gasteiger partial charge on any atom is 0.190 e. The third-order valence-electron chi connectivity index (χ3n) is 1.88. The summed E-state index contributed by atoms with van der Waals surface area (Å²) >= 11 is 1.62. The van der Waals surface area contributed by atoms with Crippen molar-refractivity contribution in [3.05, 3.63) is 18.0 Å². The van der Waals surface area contributed by atoms with Gasteiger partial charge in [-0.2, -0.15) is 0 Å². The number of nitrogens with zero attached hydrogens (tertiary/aromatic N) is 2. The van der Waals surface area contributed by atoms with Crippen LogP contribution >= 0.6 is 11.8 Å². The van der Waals surface area contributed by atoms with Gasteiger partial charge in [-0.1, -0.05) is 11.8 Å². The average molecular weight is 196 g/mol. The van der Waals surface area contributed by atoms with Gasteiger partial charge in [0.25, 0.3) is 0 Å². The Morgan fingerprint density at radius 3 is 2.85 bits per heavy atom. The fourth-order valence-corrected chi connectivity index (χ4v) is 2.11. The second-order valence-corrected chi connectivity index (χ2v) is 4.23. The van der Waals surface area contributed by atoms with Crippen LogP contribution in [0.5, 0.6) is 0 Å². The van der Waals surface area contributed by atoms with Crippen molar-refractivity contribution in [1.82, 2.24) is 9.97 Å².